The molecule has 0 fully saturated rings. The van der Waals surface area contributed by atoms with Crippen molar-refractivity contribution in [3.63, 3.8) is 0 Å². The molecule has 0 heterocycles. The highest BCUT2D eigenvalue weighted by molar-refractivity contribution is 7.45. The van der Waals surface area contributed by atoms with Crippen LogP contribution in [0.4, 0.5) is 0 Å². The van der Waals surface area contributed by atoms with Crippen LogP contribution in [0.25, 0.3) is 0 Å². The summed E-state index contributed by atoms with van der Waals surface area (Å²) in [7, 11) is 1.28. The molecule has 0 aromatic rings. The molecule has 0 saturated heterocycles. The maximum atomic E-state index is 13.0. The summed E-state index contributed by atoms with van der Waals surface area (Å²) in [6.45, 7) is 4.72. The predicted molar refractivity (Wildman–Crippen MR) is 349 cm³/mol. The Kier molecular flexibility index (Phi) is 61.7. The van der Waals surface area contributed by atoms with Gasteiger partial charge in [-0.1, -0.05) is 346 Å². The molecule has 0 radical (unpaired) electrons. The zero-order valence-corrected chi connectivity index (χ0v) is 55.5. The van der Waals surface area contributed by atoms with Crippen LogP contribution in [-0.4, -0.2) is 68.5 Å². The van der Waals surface area contributed by atoms with Crippen LogP contribution < -0.4 is 10.2 Å². The number of carbonyl (C=O) groups excluding carboxylic acids is 1. The molecule has 3 atom stereocenters. The van der Waals surface area contributed by atoms with Crippen LogP contribution in [0.5, 0.6) is 0 Å². The van der Waals surface area contributed by atoms with E-state index in [-0.39, 0.29) is 19.1 Å². The molecule has 0 bridgehead atoms. The molecule has 2 N–H and O–H groups in total. The molecule has 0 aromatic carbocycles. The molecule has 0 aromatic heterocycles. The van der Waals surface area contributed by atoms with E-state index in [4.69, 9.17) is 9.05 Å². The van der Waals surface area contributed by atoms with Gasteiger partial charge in [-0.15, -0.1) is 0 Å². The van der Waals surface area contributed by atoms with Crippen molar-refractivity contribution in [1.82, 2.24) is 5.32 Å². The number of nitrogens with zero attached hydrogens (tertiary/aromatic N) is 1. The number of allylic oxidation sites excluding steroid dienone is 3. The highest BCUT2D eigenvalue weighted by atomic mass is 31.2. The van der Waals surface area contributed by atoms with Gasteiger partial charge < -0.3 is 28.8 Å². The normalized spacial score (nSPS) is 13.7. The number of hydrogen-bond acceptors (Lipinski definition) is 6. The SMILES string of the molecule is CCCCCCCCCCCCCC/C=C\CCCCCCCCCCCCCCCCCCCC(=O)NC(COP(=O)([O-])OCC[N+](C)(C)C)C(O)/C=C/CCCCCCCCCCCCCCCCCCCCCCCCC. The van der Waals surface area contributed by atoms with E-state index in [9.17, 15) is 19.4 Å². The lowest BCUT2D eigenvalue weighted by Gasteiger charge is -2.29. The predicted octanol–water partition coefficient (Wildman–Crippen LogP) is 22.0. The Hall–Kier alpha value is -1.02. The fraction of sp³-hybridized carbons (Fsp3) is 0.930. The lowest BCUT2D eigenvalue weighted by Crippen LogP contribution is -2.45. The number of phosphoric ester groups is 1. The second kappa shape index (κ2) is 62.5. The number of hydrogen-bond donors (Lipinski definition) is 2. The van der Waals surface area contributed by atoms with Gasteiger partial charge in [0.05, 0.1) is 39.9 Å². The van der Waals surface area contributed by atoms with Gasteiger partial charge in [-0.3, -0.25) is 9.36 Å². The van der Waals surface area contributed by atoms with Crippen LogP contribution in [0.3, 0.4) is 0 Å². The first-order chi connectivity index (χ1) is 39.0. The molecule has 8 nitrogen and oxygen atoms in total. The number of unbranched alkanes of at least 4 members (excludes halogenated alkanes) is 52. The number of amides is 1. The fourth-order valence-corrected chi connectivity index (χ4v) is 11.8. The summed E-state index contributed by atoms with van der Waals surface area (Å²) in [5.41, 5.74) is 0. The standard InChI is InChI=1S/C71H141N2O6P/c1-6-8-10-12-14-16-18-20-22-24-26-28-30-32-33-34-35-36-37-38-39-41-43-45-47-49-51-53-55-57-59-61-63-65-71(75)72-69(68-79-80(76,77)78-67-66-73(3,4)5)70(74)64-62-60-58-56-54-52-50-48-46-44-42-40-31-29-27-25-23-21-19-17-15-13-11-9-7-2/h32-33,62,64,69-70,74H,6-31,34-61,63,65-68H2,1-5H3,(H-,72,75,76,77)/b33-32-,64-62+. The van der Waals surface area contributed by atoms with Crippen molar-refractivity contribution in [2.24, 2.45) is 0 Å². The molecular weight excluding hydrogens is 1010 g/mol. The van der Waals surface area contributed by atoms with E-state index in [0.717, 1.165) is 38.5 Å². The molecule has 0 aliphatic heterocycles. The Bertz CT molecular complexity index is 1350. The van der Waals surface area contributed by atoms with Gasteiger partial charge in [0.25, 0.3) is 7.82 Å². The van der Waals surface area contributed by atoms with Crippen molar-refractivity contribution < 1.29 is 32.9 Å². The second-order valence-electron chi connectivity index (χ2n) is 25.9. The van der Waals surface area contributed by atoms with Gasteiger partial charge in [-0.2, -0.15) is 0 Å². The van der Waals surface area contributed by atoms with Crippen LogP contribution in [0, 0.1) is 0 Å². The first kappa shape index (κ1) is 79.0. The van der Waals surface area contributed by atoms with Gasteiger partial charge in [-0.05, 0) is 44.9 Å². The first-order valence-corrected chi connectivity index (χ1v) is 37.2. The summed E-state index contributed by atoms with van der Waals surface area (Å²) in [4.78, 5) is 25.6. The Labute approximate surface area is 500 Å². The summed E-state index contributed by atoms with van der Waals surface area (Å²) in [6, 6.07) is -0.886. The number of quaternary nitrogens is 1. The molecule has 0 rings (SSSR count). The van der Waals surface area contributed by atoms with E-state index in [2.05, 4.69) is 31.3 Å². The van der Waals surface area contributed by atoms with Crippen LogP contribution >= 0.6 is 7.82 Å². The Balaban J connectivity index is 4.01. The van der Waals surface area contributed by atoms with Crippen molar-refractivity contribution >= 4 is 13.7 Å². The molecule has 80 heavy (non-hydrogen) atoms. The molecule has 0 saturated carbocycles. The lowest BCUT2D eigenvalue weighted by molar-refractivity contribution is -0.870. The van der Waals surface area contributed by atoms with Crippen molar-refractivity contribution in [3.05, 3.63) is 24.3 Å². The van der Waals surface area contributed by atoms with Gasteiger partial charge in [-0.25, -0.2) is 0 Å². The zero-order valence-electron chi connectivity index (χ0n) is 54.6. The Morgan fingerprint density at radius 2 is 0.688 bits per heavy atom. The number of phosphoric acid groups is 1. The van der Waals surface area contributed by atoms with E-state index in [0.29, 0.717) is 17.4 Å². The number of carbonyl (C=O) groups is 1. The highest BCUT2D eigenvalue weighted by Gasteiger charge is 2.23. The van der Waals surface area contributed by atoms with Crippen molar-refractivity contribution in [2.75, 3.05) is 40.9 Å². The topological polar surface area (TPSA) is 108 Å². The average Bonchev–Trinajstić information content (AvgIpc) is 3.42. The minimum Gasteiger partial charge on any atom is -0.756 e. The summed E-state index contributed by atoms with van der Waals surface area (Å²) >= 11 is 0. The largest absolute Gasteiger partial charge is 0.756 e. The molecule has 0 spiro atoms. The van der Waals surface area contributed by atoms with Crippen LogP contribution in [0.2, 0.25) is 0 Å². The van der Waals surface area contributed by atoms with Gasteiger partial charge in [0.15, 0.2) is 0 Å². The van der Waals surface area contributed by atoms with Crippen molar-refractivity contribution in [3.8, 4) is 0 Å². The van der Waals surface area contributed by atoms with Crippen molar-refractivity contribution in [1.29, 1.82) is 0 Å². The molecule has 1 amide bonds. The summed E-state index contributed by atoms with van der Waals surface area (Å²) in [5, 5.41) is 14.0. The van der Waals surface area contributed by atoms with E-state index < -0.39 is 20.0 Å². The fourth-order valence-electron chi connectivity index (χ4n) is 11.1. The average molecular weight is 1150 g/mol. The monoisotopic (exact) mass is 1150 g/mol. The maximum absolute atomic E-state index is 13.0. The minimum absolute atomic E-state index is 0.00179. The van der Waals surface area contributed by atoms with E-state index >= 15 is 0 Å². The number of nitrogens with one attached hydrogen (secondary N) is 1. The molecular formula is C71H141N2O6P. The maximum Gasteiger partial charge on any atom is 0.268 e. The van der Waals surface area contributed by atoms with Crippen LogP contribution in [-0.2, 0) is 18.4 Å². The Morgan fingerprint density at radius 3 is 0.975 bits per heavy atom. The van der Waals surface area contributed by atoms with Gasteiger partial charge in [0, 0.05) is 6.42 Å². The first-order valence-electron chi connectivity index (χ1n) is 35.7. The highest BCUT2D eigenvalue weighted by Crippen LogP contribution is 2.38. The van der Waals surface area contributed by atoms with Gasteiger partial charge in [0.2, 0.25) is 5.91 Å². The lowest BCUT2D eigenvalue weighted by atomic mass is 10.0. The molecule has 3 unspecified atom stereocenters. The number of rotatable bonds is 67. The van der Waals surface area contributed by atoms with Crippen LogP contribution in [0.15, 0.2) is 24.3 Å². The van der Waals surface area contributed by atoms with E-state index in [1.54, 1.807) is 6.08 Å². The quantitative estimate of drug-likeness (QED) is 0.0272. The third kappa shape index (κ3) is 64.5. The number of aliphatic hydroxyl groups excluding tert-OH is 1. The number of aliphatic hydroxyl groups is 1. The summed E-state index contributed by atoms with van der Waals surface area (Å²) in [6.07, 6.45) is 81.6. The molecule has 0 aliphatic carbocycles. The summed E-state index contributed by atoms with van der Waals surface area (Å²) < 4.78 is 23.5. The molecule has 476 valence electrons. The Morgan fingerprint density at radius 1 is 0.425 bits per heavy atom. The summed E-state index contributed by atoms with van der Waals surface area (Å²) in [5.74, 6) is -0.189. The second-order valence-corrected chi connectivity index (χ2v) is 27.4. The molecule has 0 aliphatic rings. The number of likely N-dealkylation sites (N-methyl/N-ethyl adjacent to an activating group) is 1. The van der Waals surface area contributed by atoms with Crippen LogP contribution in [0.1, 0.15) is 373 Å². The van der Waals surface area contributed by atoms with Gasteiger partial charge in [0.1, 0.15) is 13.2 Å². The van der Waals surface area contributed by atoms with E-state index in [1.807, 2.05) is 27.2 Å². The molecule has 9 heteroatoms. The van der Waals surface area contributed by atoms with Gasteiger partial charge >= 0.3 is 0 Å². The zero-order chi connectivity index (χ0) is 58.4. The smallest absolute Gasteiger partial charge is 0.268 e. The third-order valence-corrected chi connectivity index (χ3v) is 17.6. The minimum atomic E-state index is -4.60. The van der Waals surface area contributed by atoms with Crippen molar-refractivity contribution in [2.45, 2.75) is 386 Å². The van der Waals surface area contributed by atoms with E-state index in [1.165, 1.54) is 315 Å². The third-order valence-electron chi connectivity index (χ3n) is 16.7.